The Morgan fingerprint density at radius 1 is 1.10 bits per heavy atom. The van der Waals surface area contributed by atoms with Crippen molar-refractivity contribution in [3.8, 4) is 0 Å². The van der Waals surface area contributed by atoms with Gasteiger partial charge >= 0.3 is 6.03 Å². The number of hydrogen-bond acceptors (Lipinski definition) is 4. The number of hydrogen-bond donors (Lipinski definition) is 1. The Kier molecular flexibility index (Phi) is 3.97. The van der Waals surface area contributed by atoms with Gasteiger partial charge in [0.05, 0.1) is 0 Å². The van der Waals surface area contributed by atoms with E-state index < -0.39 is 11.4 Å². The van der Waals surface area contributed by atoms with E-state index in [1.807, 2.05) is 0 Å². The summed E-state index contributed by atoms with van der Waals surface area (Å²) in [7, 11) is 0. The molecule has 2 saturated heterocycles. The van der Waals surface area contributed by atoms with E-state index in [-0.39, 0.29) is 17.7 Å². The highest BCUT2D eigenvalue weighted by Gasteiger charge is 2.54. The van der Waals surface area contributed by atoms with Gasteiger partial charge in [-0.3, -0.25) is 19.8 Å². The maximum Gasteiger partial charge on any atom is 0.330 e. The SMILES string of the molecule is O=C1NC(=O)C2(CCCCC2)C(=O)N1CC1CCOCC1. The number of ether oxygens (including phenoxy) is 1. The molecule has 1 saturated carbocycles. The van der Waals surface area contributed by atoms with E-state index in [2.05, 4.69) is 5.32 Å². The Bertz CT molecular complexity index is 451. The fraction of sp³-hybridized carbons (Fsp3) is 0.800. The third-order valence-corrected chi connectivity index (χ3v) is 5.04. The van der Waals surface area contributed by atoms with Crippen molar-refractivity contribution in [3.05, 3.63) is 0 Å². The Morgan fingerprint density at radius 2 is 1.76 bits per heavy atom. The Hall–Kier alpha value is -1.43. The third-order valence-electron chi connectivity index (χ3n) is 5.04. The zero-order chi connectivity index (χ0) is 14.9. The molecule has 6 heteroatoms. The van der Waals surface area contributed by atoms with E-state index in [0.717, 1.165) is 32.1 Å². The standard InChI is InChI=1S/C15H22N2O4/c18-12-15(6-2-1-3-7-15)13(19)17(14(20)16-12)10-11-4-8-21-9-5-11/h11H,1-10H2,(H,16,18,20). The molecule has 0 aromatic heterocycles. The molecule has 0 unspecified atom stereocenters. The van der Waals surface area contributed by atoms with Gasteiger partial charge in [-0.1, -0.05) is 19.3 Å². The number of rotatable bonds is 2. The Morgan fingerprint density at radius 3 is 2.43 bits per heavy atom. The van der Waals surface area contributed by atoms with Gasteiger partial charge in [-0.15, -0.1) is 0 Å². The average Bonchev–Trinajstić information content (AvgIpc) is 2.52. The summed E-state index contributed by atoms with van der Waals surface area (Å²) in [6.45, 7) is 1.76. The third kappa shape index (κ3) is 2.57. The first-order chi connectivity index (χ1) is 10.1. The normalized spacial score (nSPS) is 27.0. The van der Waals surface area contributed by atoms with E-state index in [1.165, 1.54) is 4.90 Å². The van der Waals surface area contributed by atoms with Gasteiger partial charge in [-0.2, -0.15) is 0 Å². The van der Waals surface area contributed by atoms with E-state index in [9.17, 15) is 14.4 Å². The lowest BCUT2D eigenvalue weighted by Gasteiger charge is -2.42. The maximum absolute atomic E-state index is 12.8. The lowest BCUT2D eigenvalue weighted by atomic mass is 9.71. The maximum atomic E-state index is 12.8. The van der Waals surface area contributed by atoms with Crippen molar-refractivity contribution in [1.82, 2.24) is 10.2 Å². The summed E-state index contributed by atoms with van der Waals surface area (Å²) in [5, 5.41) is 2.41. The van der Waals surface area contributed by atoms with Crippen molar-refractivity contribution >= 4 is 17.8 Å². The first kappa shape index (κ1) is 14.5. The molecule has 6 nitrogen and oxygen atoms in total. The lowest BCUT2D eigenvalue weighted by Crippen LogP contribution is -2.65. The van der Waals surface area contributed by atoms with Gasteiger partial charge < -0.3 is 4.74 Å². The second kappa shape index (κ2) is 5.75. The Labute approximate surface area is 124 Å². The van der Waals surface area contributed by atoms with Crippen LogP contribution in [0.15, 0.2) is 0 Å². The summed E-state index contributed by atoms with van der Waals surface area (Å²) in [6.07, 6.45) is 5.65. The number of amides is 4. The molecule has 3 fully saturated rings. The molecule has 0 bridgehead atoms. The highest BCUT2D eigenvalue weighted by molar-refractivity contribution is 6.19. The first-order valence-corrected chi connectivity index (χ1v) is 7.89. The summed E-state index contributed by atoms with van der Waals surface area (Å²) in [5.74, 6) is -0.384. The van der Waals surface area contributed by atoms with Crippen molar-refractivity contribution in [2.75, 3.05) is 19.8 Å². The van der Waals surface area contributed by atoms with Gasteiger partial charge in [0.2, 0.25) is 11.8 Å². The fourth-order valence-electron chi connectivity index (χ4n) is 3.68. The van der Waals surface area contributed by atoms with Crippen LogP contribution in [-0.2, 0) is 14.3 Å². The molecule has 21 heavy (non-hydrogen) atoms. The molecule has 1 N–H and O–H groups in total. The summed E-state index contributed by atoms with van der Waals surface area (Å²) in [4.78, 5) is 38.4. The highest BCUT2D eigenvalue weighted by Crippen LogP contribution is 2.40. The monoisotopic (exact) mass is 294 g/mol. The van der Waals surface area contributed by atoms with E-state index >= 15 is 0 Å². The Balaban J connectivity index is 1.77. The van der Waals surface area contributed by atoms with Gasteiger partial charge in [-0.05, 0) is 31.6 Å². The van der Waals surface area contributed by atoms with Crippen LogP contribution in [0.25, 0.3) is 0 Å². The van der Waals surface area contributed by atoms with Crippen molar-refractivity contribution in [1.29, 1.82) is 0 Å². The molecule has 3 aliphatic rings. The number of carbonyl (C=O) groups excluding carboxylic acids is 3. The number of urea groups is 1. The molecule has 3 rings (SSSR count). The zero-order valence-corrected chi connectivity index (χ0v) is 12.2. The minimum absolute atomic E-state index is 0.276. The molecule has 0 radical (unpaired) electrons. The molecular weight excluding hydrogens is 272 g/mol. The van der Waals surface area contributed by atoms with Crippen LogP contribution < -0.4 is 5.32 Å². The molecule has 2 heterocycles. The number of imide groups is 2. The summed E-state index contributed by atoms with van der Waals surface area (Å²) < 4.78 is 5.31. The van der Waals surface area contributed by atoms with Crippen LogP contribution in [0.4, 0.5) is 4.79 Å². The summed E-state index contributed by atoms with van der Waals surface area (Å²) in [5.41, 5.74) is -0.989. The van der Waals surface area contributed by atoms with Gasteiger partial charge in [0.15, 0.2) is 0 Å². The number of barbiturate groups is 1. The second-order valence-corrected chi connectivity index (χ2v) is 6.37. The predicted octanol–water partition coefficient (Wildman–Crippen LogP) is 1.44. The number of nitrogens with zero attached hydrogens (tertiary/aromatic N) is 1. The molecule has 0 atom stereocenters. The van der Waals surface area contributed by atoms with Crippen molar-refractivity contribution in [2.24, 2.45) is 11.3 Å². The molecule has 4 amide bonds. The van der Waals surface area contributed by atoms with Crippen LogP contribution in [0.3, 0.4) is 0 Å². The van der Waals surface area contributed by atoms with E-state index in [1.54, 1.807) is 0 Å². The largest absolute Gasteiger partial charge is 0.381 e. The molecular formula is C15H22N2O4. The van der Waals surface area contributed by atoms with Crippen molar-refractivity contribution in [3.63, 3.8) is 0 Å². The average molecular weight is 294 g/mol. The molecule has 1 spiro atoms. The highest BCUT2D eigenvalue weighted by atomic mass is 16.5. The molecule has 0 aromatic rings. The number of nitrogens with one attached hydrogen (secondary N) is 1. The van der Waals surface area contributed by atoms with Crippen LogP contribution in [0.5, 0.6) is 0 Å². The summed E-state index contributed by atoms with van der Waals surface area (Å²) >= 11 is 0. The molecule has 116 valence electrons. The molecule has 2 aliphatic heterocycles. The van der Waals surface area contributed by atoms with E-state index in [0.29, 0.717) is 32.6 Å². The smallest absolute Gasteiger partial charge is 0.330 e. The quantitative estimate of drug-likeness (QED) is 0.782. The first-order valence-electron chi connectivity index (χ1n) is 7.89. The minimum Gasteiger partial charge on any atom is -0.381 e. The van der Waals surface area contributed by atoms with Gasteiger partial charge in [-0.25, -0.2) is 4.79 Å². The minimum atomic E-state index is -0.989. The molecule has 0 aromatic carbocycles. The van der Waals surface area contributed by atoms with Crippen molar-refractivity contribution in [2.45, 2.75) is 44.9 Å². The van der Waals surface area contributed by atoms with Crippen LogP contribution in [0, 0.1) is 11.3 Å². The van der Waals surface area contributed by atoms with Crippen LogP contribution >= 0.6 is 0 Å². The fourth-order valence-corrected chi connectivity index (χ4v) is 3.68. The second-order valence-electron chi connectivity index (χ2n) is 6.37. The molecule has 1 aliphatic carbocycles. The lowest BCUT2D eigenvalue weighted by molar-refractivity contribution is -0.154. The topological polar surface area (TPSA) is 75.7 Å². The van der Waals surface area contributed by atoms with Crippen LogP contribution in [0.1, 0.15) is 44.9 Å². The van der Waals surface area contributed by atoms with Crippen LogP contribution in [0.2, 0.25) is 0 Å². The summed E-state index contributed by atoms with van der Waals surface area (Å²) in [6, 6.07) is -0.548. The zero-order valence-electron chi connectivity index (χ0n) is 12.2. The van der Waals surface area contributed by atoms with Gasteiger partial charge in [0.25, 0.3) is 0 Å². The number of carbonyl (C=O) groups is 3. The van der Waals surface area contributed by atoms with Crippen LogP contribution in [-0.4, -0.2) is 42.5 Å². The van der Waals surface area contributed by atoms with Gasteiger partial charge in [0.1, 0.15) is 5.41 Å². The van der Waals surface area contributed by atoms with Gasteiger partial charge in [0, 0.05) is 19.8 Å². The van der Waals surface area contributed by atoms with E-state index in [4.69, 9.17) is 4.74 Å². The predicted molar refractivity (Wildman–Crippen MR) is 74.3 cm³/mol. The van der Waals surface area contributed by atoms with Crippen molar-refractivity contribution < 1.29 is 19.1 Å².